The van der Waals surface area contributed by atoms with E-state index in [0.29, 0.717) is 12.8 Å². The molecule has 2 spiro atoms. The quantitative estimate of drug-likeness (QED) is 0.582. The largest absolute Gasteiger partial charge is 0.456 e. The third kappa shape index (κ3) is 1.74. The first kappa shape index (κ1) is 14.0. The predicted octanol–water partition coefficient (Wildman–Crippen LogP) is 3.97. The molecule has 3 aliphatic rings. The normalized spacial score (nSPS) is 29.2. The third-order valence-electron chi connectivity index (χ3n) is 6.06. The molecule has 116 valence electrons. The zero-order valence-corrected chi connectivity index (χ0v) is 12.8. The Hall–Kier alpha value is -1.64. The Morgan fingerprint density at radius 2 is 1.45 bits per heavy atom. The number of ketones is 1. The molecule has 0 bridgehead atoms. The standard InChI is InChI=1S/C19H22O3/c20-16-18(10-4-5-11-18)15(14-8-2-1-3-9-14)22-17(21)19(16)12-6-7-13-19/h1-3,8-9,15H,4-7,10-13H2/t15-/m1/s1. The SMILES string of the molecule is O=C1O[C@H](c2ccccc2)C2(CCCC2)C(=O)C12CCCC2. The van der Waals surface area contributed by atoms with E-state index in [1.807, 2.05) is 30.3 Å². The number of benzene rings is 1. The molecule has 0 aromatic heterocycles. The summed E-state index contributed by atoms with van der Waals surface area (Å²) >= 11 is 0. The molecule has 3 heteroatoms. The van der Waals surface area contributed by atoms with Crippen molar-refractivity contribution >= 4 is 11.8 Å². The molecule has 1 atom stereocenters. The highest BCUT2D eigenvalue weighted by molar-refractivity contribution is 6.09. The van der Waals surface area contributed by atoms with E-state index in [-0.39, 0.29) is 17.9 Å². The molecule has 3 fully saturated rings. The van der Waals surface area contributed by atoms with Gasteiger partial charge in [0.15, 0.2) is 5.78 Å². The summed E-state index contributed by atoms with van der Waals surface area (Å²) in [5.74, 6) is -0.0681. The van der Waals surface area contributed by atoms with E-state index < -0.39 is 10.8 Å². The summed E-state index contributed by atoms with van der Waals surface area (Å²) in [6.45, 7) is 0. The molecule has 1 heterocycles. The Morgan fingerprint density at radius 1 is 0.864 bits per heavy atom. The number of esters is 1. The second-order valence-electron chi connectivity index (χ2n) is 7.18. The molecule has 0 amide bonds. The molecule has 1 aromatic rings. The molecule has 3 nitrogen and oxygen atoms in total. The van der Waals surface area contributed by atoms with Crippen LogP contribution in [0.25, 0.3) is 0 Å². The van der Waals surface area contributed by atoms with Gasteiger partial charge in [-0.3, -0.25) is 9.59 Å². The van der Waals surface area contributed by atoms with E-state index in [0.717, 1.165) is 44.1 Å². The Bertz CT molecular complexity index is 592. The van der Waals surface area contributed by atoms with Gasteiger partial charge in [-0.2, -0.15) is 0 Å². The summed E-state index contributed by atoms with van der Waals surface area (Å²) < 4.78 is 5.96. The van der Waals surface area contributed by atoms with Gasteiger partial charge in [0.1, 0.15) is 11.5 Å². The average molecular weight is 298 g/mol. The molecule has 2 saturated carbocycles. The Balaban J connectivity index is 1.80. The van der Waals surface area contributed by atoms with Crippen LogP contribution in [0.2, 0.25) is 0 Å². The van der Waals surface area contributed by atoms with Crippen LogP contribution in [0.4, 0.5) is 0 Å². The van der Waals surface area contributed by atoms with Gasteiger partial charge in [-0.15, -0.1) is 0 Å². The molecule has 0 radical (unpaired) electrons. The van der Waals surface area contributed by atoms with E-state index in [9.17, 15) is 9.59 Å². The number of cyclic esters (lactones) is 1. The predicted molar refractivity (Wildman–Crippen MR) is 82.1 cm³/mol. The minimum atomic E-state index is -0.824. The van der Waals surface area contributed by atoms with Crippen molar-refractivity contribution in [2.45, 2.75) is 57.5 Å². The molecular weight excluding hydrogens is 276 g/mol. The van der Waals surface area contributed by atoms with E-state index in [1.54, 1.807) is 0 Å². The summed E-state index contributed by atoms with van der Waals surface area (Å²) in [6.07, 6.45) is 6.76. The molecule has 2 aliphatic carbocycles. The fraction of sp³-hybridized carbons (Fsp3) is 0.579. The fourth-order valence-corrected chi connectivity index (χ4v) is 4.94. The molecule has 1 saturated heterocycles. The van der Waals surface area contributed by atoms with Crippen LogP contribution in [0.15, 0.2) is 30.3 Å². The van der Waals surface area contributed by atoms with E-state index >= 15 is 0 Å². The maximum absolute atomic E-state index is 13.5. The van der Waals surface area contributed by atoms with Gasteiger partial charge in [-0.05, 0) is 31.2 Å². The van der Waals surface area contributed by atoms with Crippen LogP contribution in [-0.2, 0) is 14.3 Å². The smallest absolute Gasteiger partial charge is 0.320 e. The van der Waals surface area contributed by atoms with Crippen molar-refractivity contribution in [3.63, 3.8) is 0 Å². The van der Waals surface area contributed by atoms with Crippen molar-refractivity contribution in [2.75, 3.05) is 0 Å². The first-order valence-electron chi connectivity index (χ1n) is 8.50. The van der Waals surface area contributed by atoms with Gasteiger partial charge in [0, 0.05) is 0 Å². The van der Waals surface area contributed by atoms with Crippen LogP contribution in [0.1, 0.15) is 63.0 Å². The maximum atomic E-state index is 13.5. The van der Waals surface area contributed by atoms with Crippen LogP contribution in [0, 0.1) is 10.8 Å². The van der Waals surface area contributed by atoms with Gasteiger partial charge < -0.3 is 4.74 Å². The Labute approximate surface area is 131 Å². The lowest BCUT2D eigenvalue weighted by Crippen LogP contribution is -2.55. The molecule has 4 rings (SSSR count). The topological polar surface area (TPSA) is 43.4 Å². The van der Waals surface area contributed by atoms with E-state index in [1.165, 1.54) is 0 Å². The van der Waals surface area contributed by atoms with Gasteiger partial charge in [0.2, 0.25) is 0 Å². The van der Waals surface area contributed by atoms with Crippen molar-refractivity contribution in [3.05, 3.63) is 35.9 Å². The van der Waals surface area contributed by atoms with Crippen molar-refractivity contribution in [2.24, 2.45) is 10.8 Å². The molecule has 1 aliphatic heterocycles. The summed E-state index contributed by atoms with van der Waals surface area (Å²) in [4.78, 5) is 26.2. The summed E-state index contributed by atoms with van der Waals surface area (Å²) in [6, 6.07) is 9.83. The number of carbonyl (C=O) groups excluding carboxylic acids is 2. The van der Waals surface area contributed by atoms with Crippen molar-refractivity contribution in [3.8, 4) is 0 Å². The average Bonchev–Trinajstić information content (AvgIpc) is 3.22. The maximum Gasteiger partial charge on any atom is 0.320 e. The van der Waals surface area contributed by atoms with Gasteiger partial charge in [-0.1, -0.05) is 56.0 Å². The zero-order chi connectivity index (χ0) is 15.2. The highest BCUT2D eigenvalue weighted by Crippen LogP contribution is 2.60. The fourth-order valence-electron chi connectivity index (χ4n) is 4.94. The lowest BCUT2D eigenvalue weighted by atomic mass is 9.62. The van der Waals surface area contributed by atoms with E-state index in [4.69, 9.17) is 4.74 Å². The van der Waals surface area contributed by atoms with Crippen LogP contribution in [0.5, 0.6) is 0 Å². The summed E-state index contributed by atoms with van der Waals surface area (Å²) in [5.41, 5.74) is -0.325. The molecule has 0 N–H and O–H groups in total. The lowest BCUT2D eigenvalue weighted by Gasteiger charge is -2.46. The van der Waals surface area contributed by atoms with Crippen molar-refractivity contribution in [1.82, 2.24) is 0 Å². The second kappa shape index (κ2) is 4.94. The van der Waals surface area contributed by atoms with E-state index in [2.05, 4.69) is 0 Å². The number of ether oxygens (including phenoxy) is 1. The number of Topliss-reactive ketones (excluding diaryl/α,β-unsaturated/α-hetero) is 1. The first-order valence-corrected chi connectivity index (χ1v) is 8.50. The highest BCUT2D eigenvalue weighted by atomic mass is 16.5. The van der Waals surface area contributed by atoms with Gasteiger partial charge in [-0.25, -0.2) is 0 Å². The van der Waals surface area contributed by atoms with Crippen molar-refractivity contribution < 1.29 is 14.3 Å². The first-order chi connectivity index (χ1) is 10.7. The minimum absolute atomic E-state index is 0.195. The number of carbonyl (C=O) groups is 2. The van der Waals surface area contributed by atoms with Crippen LogP contribution < -0.4 is 0 Å². The summed E-state index contributed by atoms with van der Waals surface area (Å²) in [7, 11) is 0. The molecule has 0 unspecified atom stereocenters. The van der Waals surface area contributed by atoms with Crippen molar-refractivity contribution in [1.29, 1.82) is 0 Å². The molecular formula is C19H22O3. The minimum Gasteiger partial charge on any atom is -0.456 e. The van der Waals surface area contributed by atoms with Crippen LogP contribution in [0.3, 0.4) is 0 Å². The Kier molecular flexibility index (Phi) is 3.14. The monoisotopic (exact) mass is 298 g/mol. The zero-order valence-electron chi connectivity index (χ0n) is 12.8. The van der Waals surface area contributed by atoms with Gasteiger partial charge in [0.25, 0.3) is 0 Å². The number of hydrogen-bond donors (Lipinski definition) is 0. The third-order valence-corrected chi connectivity index (χ3v) is 6.06. The molecule has 1 aromatic carbocycles. The van der Waals surface area contributed by atoms with Crippen LogP contribution >= 0.6 is 0 Å². The Morgan fingerprint density at radius 3 is 2.09 bits per heavy atom. The molecule has 22 heavy (non-hydrogen) atoms. The summed E-state index contributed by atoms with van der Waals surface area (Å²) in [5, 5.41) is 0. The van der Waals surface area contributed by atoms with Crippen LogP contribution in [-0.4, -0.2) is 11.8 Å². The lowest BCUT2D eigenvalue weighted by molar-refractivity contribution is -0.191. The van der Waals surface area contributed by atoms with Gasteiger partial charge in [0.05, 0.1) is 5.41 Å². The van der Waals surface area contributed by atoms with Gasteiger partial charge >= 0.3 is 5.97 Å². The number of rotatable bonds is 1. The highest BCUT2D eigenvalue weighted by Gasteiger charge is 2.64. The second-order valence-corrected chi connectivity index (χ2v) is 7.18. The number of hydrogen-bond acceptors (Lipinski definition) is 3.